The van der Waals surface area contributed by atoms with Crippen molar-refractivity contribution in [3.8, 4) is 5.75 Å². The van der Waals surface area contributed by atoms with Crippen LogP contribution in [0, 0.1) is 6.92 Å². The van der Waals surface area contributed by atoms with Gasteiger partial charge < -0.3 is 9.64 Å². The van der Waals surface area contributed by atoms with E-state index in [4.69, 9.17) is 0 Å². The highest BCUT2D eigenvalue weighted by Crippen LogP contribution is 2.37. The number of ether oxygens (including phenoxy) is 1. The van der Waals surface area contributed by atoms with Gasteiger partial charge in [-0.15, -0.1) is 13.2 Å². The highest BCUT2D eigenvalue weighted by molar-refractivity contribution is 6.46. The maximum Gasteiger partial charge on any atom is 0.573 e. The molecule has 0 atom stereocenters. The fraction of sp³-hybridized carbons (Fsp3) is 0.120. The minimum absolute atomic E-state index is 0.0205. The first-order chi connectivity index (χ1) is 15.7. The van der Waals surface area contributed by atoms with Crippen molar-refractivity contribution in [1.29, 1.82) is 0 Å². The van der Waals surface area contributed by atoms with Crippen molar-refractivity contribution in [3.05, 3.63) is 95.7 Å². The second-order valence-corrected chi connectivity index (χ2v) is 7.48. The second-order valence-electron chi connectivity index (χ2n) is 7.48. The molecular weight excluding hydrogens is 433 g/mol. The van der Waals surface area contributed by atoms with E-state index in [-0.39, 0.29) is 17.0 Å². The highest BCUT2D eigenvalue weighted by Gasteiger charge is 2.42. The number of hydrogen-bond donors (Lipinski definition) is 0. The van der Waals surface area contributed by atoms with Gasteiger partial charge in [-0.05, 0) is 36.8 Å². The maximum absolute atomic E-state index is 13.5. The van der Waals surface area contributed by atoms with E-state index in [2.05, 4.69) is 4.74 Å². The molecule has 2 amide bonds. The Morgan fingerprint density at radius 3 is 2.15 bits per heavy atom. The quantitative estimate of drug-likeness (QED) is 0.492. The number of halogens is 3. The summed E-state index contributed by atoms with van der Waals surface area (Å²) >= 11 is 0. The number of nitrogens with zero attached hydrogens (tertiary/aromatic N) is 2. The van der Waals surface area contributed by atoms with Gasteiger partial charge in [0.05, 0.1) is 11.3 Å². The average Bonchev–Trinajstić information content (AvgIpc) is 3.03. The van der Waals surface area contributed by atoms with Gasteiger partial charge in [-0.25, -0.2) is 4.90 Å². The number of imide groups is 1. The molecule has 8 heteroatoms. The SMILES string of the molecule is Cc1ccc(C2=C(N(C)c3ccccc3)C(=O)N(c3cccc(OC(F)(F)F)c3)C2=O)cc1. The molecule has 0 radical (unpaired) electrons. The van der Waals surface area contributed by atoms with E-state index in [0.717, 1.165) is 22.6 Å². The molecule has 3 aromatic carbocycles. The Bertz CT molecular complexity index is 1240. The van der Waals surface area contributed by atoms with Crippen LogP contribution in [0.4, 0.5) is 24.5 Å². The first-order valence-electron chi connectivity index (χ1n) is 10.0. The molecule has 0 saturated carbocycles. The van der Waals surface area contributed by atoms with Crippen molar-refractivity contribution in [2.24, 2.45) is 0 Å². The molecule has 0 fully saturated rings. The van der Waals surface area contributed by atoms with Crippen LogP contribution < -0.4 is 14.5 Å². The van der Waals surface area contributed by atoms with Crippen LogP contribution in [0.15, 0.2) is 84.6 Å². The molecule has 1 aliphatic rings. The molecule has 0 unspecified atom stereocenters. The van der Waals surface area contributed by atoms with E-state index in [1.54, 1.807) is 48.3 Å². The third-order valence-corrected chi connectivity index (χ3v) is 5.19. The van der Waals surface area contributed by atoms with Gasteiger partial charge in [0, 0.05) is 18.8 Å². The number of aryl methyl sites for hydroxylation is 1. The molecule has 5 nitrogen and oxygen atoms in total. The lowest BCUT2D eigenvalue weighted by atomic mass is 10.0. The van der Waals surface area contributed by atoms with Crippen molar-refractivity contribution in [2.75, 3.05) is 16.8 Å². The summed E-state index contributed by atoms with van der Waals surface area (Å²) in [6, 6.07) is 20.9. The van der Waals surface area contributed by atoms with Gasteiger partial charge >= 0.3 is 6.36 Å². The first-order valence-corrected chi connectivity index (χ1v) is 10.0. The summed E-state index contributed by atoms with van der Waals surface area (Å²) < 4.78 is 42.0. The van der Waals surface area contributed by atoms with E-state index >= 15 is 0 Å². The summed E-state index contributed by atoms with van der Waals surface area (Å²) in [5.41, 5.74) is 2.44. The number of rotatable bonds is 5. The van der Waals surface area contributed by atoms with Crippen molar-refractivity contribution >= 4 is 28.8 Å². The van der Waals surface area contributed by atoms with Gasteiger partial charge in [0.1, 0.15) is 11.4 Å². The number of para-hydroxylation sites is 1. The lowest BCUT2D eigenvalue weighted by Crippen LogP contribution is -2.34. The zero-order valence-electron chi connectivity index (χ0n) is 17.8. The molecule has 0 saturated heterocycles. The number of benzene rings is 3. The second kappa shape index (κ2) is 8.46. The normalized spacial score (nSPS) is 14.2. The Morgan fingerprint density at radius 2 is 1.52 bits per heavy atom. The van der Waals surface area contributed by atoms with E-state index in [9.17, 15) is 22.8 Å². The fourth-order valence-corrected chi connectivity index (χ4v) is 3.64. The summed E-state index contributed by atoms with van der Waals surface area (Å²) in [5.74, 6) is -1.81. The predicted octanol–water partition coefficient (Wildman–Crippen LogP) is 5.31. The highest BCUT2D eigenvalue weighted by atomic mass is 19.4. The minimum Gasteiger partial charge on any atom is -0.406 e. The Labute approximate surface area is 188 Å². The van der Waals surface area contributed by atoms with Crippen molar-refractivity contribution in [3.63, 3.8) is 0 Å². The van der Waals surface area contributed by atoms with Crippen LogP contribution in [0.1, 0.15) is 11.1 Å². The Kier molecular flexibility index (Phi) is 5.68. The van der Waals surface area contributed by atoms with Crippen LogP contribution >= 0.6 is 0 Å². The van der Waals surface area contributed by atoms with Crippen molar-refractivity contribution < 1.29 is 27.5 Å². The lowest BCUT2D eigenvalue weighted by Gasteiger charge is -2.22. The number of alkyl halides is 3. The number of carbonyl (C=O) groups is 2. The standard InChI is InChI=1S/C25H19F3N2O3/c1-16-11-13-17(14-12-16)21-22(29(2)18-7-4-3-5-8-18)24(32)30(23(21)31)19-9-6-10-20(15-19)33-25(26,27)28/h3-15H,1-2H3. The van der Waals surface area contributed by atoms with Gasteiger partial charge in [0.25, 0.3) is 11.8 Å². The fourth-order valence-electron chi connectivity index (χ4n) is 3.64. The summed E-state index contributed by atoms with van der Waals surface area (Å²) in [7, 11) is 1.66. The van der Waals surface area contributed by atoms with Gasteiger partial charge in [-0.3, -0.25) is 9.59 Å². The number of anilines is 2. The van der Waals surface area contributed by atoms with Crippen LogP contribution in [-0.4, -0.2) is 25.2 Å². The molecule has 0 aromatic heterocycles. The molecule has 33 heavy (non-hydrogen) atoms. The van der Waals surface area contributed by atoms with Crippen molar-refractivity contribution in [1.82, 2.24) is 0 Å². The summed E-state index contributed by atoms with van der Waals surface area (Å²) in [4.78, 5) is 29.5. The Balaban J connectivity index is 1.82. The molecule has 0 spiro atoms. The maximum atomic E-state index is 13.5. The van der Waals surface area contributed by atoms with E-state index in [1.165, 1.54) is 12.1 Å². The van der Waals surface area contributed by atoms with Crippen LogP contribution in [-0.2, 0) is 9.59 Å². The van der Waals surface area contributed by atoms with Gasteiger partial charge in [-0.1, -0.05) is 54.1 Å². The Hall–Kier alpha value is -4.07. The molecule has 4 rings (SSSR count). The third-order valence-electron chi connectivity index (χ3n) is 5.19. The summed E-state index contributed by atoms with van der Waals surface area (Å²) in [5, 5.41) is 0. The molecule has 1 heterocycles. The van der Waals surface area contributed by atoms with Crippen LogP contribution in [0.5, 0.6) is 5.75 Å². The molecule has 3 aromatic rings. The van der Waals surface area contributed by atoms with Crippen LogP contribution in [0.3, 0.4) is 0 Å². The van der Waals surface area contributed by atoms with Crippen LogP contribution in [0.25, 0.3) is 5.57 Å². The zero-order chi connectivity index (χ0) is 23.8. The molecule has 0 N–H and O–H groups in total. The molecule has 1 aliphatic heterocycles. The first kappa shape index (κ1) is 22.1. The Morgan fingerprint density at radius 1 is 0.848 bits per heavy atom. The topological polar surface area (TPSA) is 49.9 Å². The molecule has 168 valence electrons. The monoisotopic (exact) mass is 452 g/mol. The largest absolute Gasteiger partial charge is 0.573 e. The zero-order valence-corrected chi connectivity index (χ0v) is 17.8. The van der Waals surface area contributed by atoms with Gasteiger partial charge in [-0.2, -0.15) is 0 Å². The predicted molar refractivity (Wildman–Crippen MR) is 119 cm³/mol. The molecule has 0 bridgehead atoms. The van der Waals surface area contributed by atoms with E-state index < -0.39 is 23.9 Å². The number of carbonyl (C=O) groups excluding carboxylic acids is 2. The third kappa shape index (κ3) is 4.45. The summed E-state index contributed by atoms with van der Waals surface area (Å²) in [6.07, 6.45) is -4.90. The lowest BCUT2D eigenvalue weighted by molar-refractivity contribution is -0.274. The van der Waals surface area contributed by atoms with E-state index in [0.29, 0.717) is 11.3 Å². The van der Waals surface area contributed by atoms with Gasteiger partial charge in [0.15, 0.2) is 0 Å². The van der Waals surface area contributed by atoms with E-state index in [1.807, 2.05) is 25.1 Å². The average molecular weight is 452 g/mol. The molecular formula is C25H19F3N2O3. The number of likely N-dealkylation sites (N-methyl/N-ethyl adjacent to an activating group) is 1. The van der Waals surface area contributed by atoms with Crippen molar-refractivity contribution in [2.45, 2.75) is 13.3 Å². The van der Waals surface area contributed by atoms with Gasteiger partial charge in [0.2, 0.25) is 0 Å². The number of amides is 2. The summed E-state index contributed by atoms with van der Waals surface area (Å²) in [6.45, 7) is 1.90. The smallest absolute Gasteiger partial charge is 0.406 e. The van der Waals surface area contributed by atoms with Crippen LogP contribution in [0.2, 0.25) is 0 Å². The number of hydrogen-bond acceptors (Lipinski definition) is 4. The molecule has 0 aliphatic carbocycles. The minimum atomic E-state index is -4.90.